The van der Waals surface area contributed by atoms with Gasteiger partial charge in [-0.3, -0.25) is 9.69 Å². The lowest BCUT2D eigenvalue weighted by Gasteiger charge is -2.37. The van der Waals surface area contributed by atoms with Crippen LogP contribution in [0, 0.1) is 17.8 Å². The van der Waals surface area contributed by atoms with Crippen molar-refractivity contribution in [2.75, 3.05) is 4.90 Å². The maximum absolute atomic E-state index is 13.6. The number of furan rings is 1. The fourth-order valence-electron chi connectivity index (χ4n) is 5.53. The molecule has 3 aliphatic rings. The van der Waals surface area contributed by atoms with Gasteiger partial charge in [0.2, 0.25) is 5.91 Å². The van der Waals surface area contributed by atoms with Crippen LogP contribution in [0.2, 0.25) is 0 Å². The van der Waals surface area contributed by atoms with Gasteiger partial charge in [0.25, 0.3) is 0 Å². The number of hydrogen-bond acceptors (Lipinski definition) is 5. The zero-order valence-corrected chi connectivity index (χ0v) is 19.0. The monoisotopic (exact) mass is 447 g/mol. The Labute approximate surface area is 192 Å². The van der Waals surface area contributed by atoms with E-state index in [0.717, 1.165) is 54.9 Å². The van der Waals surface area contributed by atoms with Crippen LogP contribution in [0.4, 0.5) is 5.69 Å². The summed E-state index contributed by atoms with van der Waals surface area (Å²) in [6.45, 7) is 3.99. The van der Waals surface area contributed by atoms with Crippen molar-refractivity contribution in [1.29, 1.82) is 0 Å². The molecule has 2 fully saturated rings. The normalized spacial score (nSPS) is 26.3. The lowest BCUT2D eigenvalue weighted by Crippen LogP contribution is -2.48. The number of esters is 1. The van der Waals surface area contributed by atoms with Gasteiger partial charge < -0.3 is 14.3 Å². The van der Waals surface area contributed by atoms with Gasteiger partial charge in [-0.1, -0.05) is 13.0 Å². The third-order valence-electron chi connectivity index (χ3n) is 7.74. The van der Waals surface area contributed by atoms with Gasteiger partial charge in [0.1, 0.15) is 11.2 Å². The molecule has 0 bridgehead atoms. The topological polar surface area (TPSA) is 80.0 Å². The van der Waals surface area contributed by atoms with Crippen LogP contribution >= 0.6 is 0 Å². The SMILES string of the molecule is CC1OC(=O)c2cc3oc4ccc(C(O)C5CC5)cc4c3cc2N1C(=O)[C@H]1CC[C@H](C)CC1. The standard InChI is InChI=1S/C27H29NO5/c1-14-3-5-17(6-4-14)26(30)28-15(2)32-27(31)21-13-24-20(12-22(21)28)19-11-18(9-10-23(19)33-24)25(29)16-7-8-16/h9-17,25,29H,3-8H2,1-2H3/t14-,15?,17-,25?. The van der Waals surface area contributed by atoms with Crippen molar-refractivity contribution < 1.29 is 23.8 Å². The van der Waals surface area contributed by atoms with Crippen molar-refractivity contribution in [2.45, 2.75) is 64.7 Å². The number of ether oxygens (including phenoxy) is 1. The summed E-state index contributed by atoms with van der Waals surface area (Å²) < 4.78 is 11.6. The molecule has 2 saturated carbocycles. The highest BCUT2D eigenvalue weighted by molar-refractivity contribution is 6.13. The zero-order chi connectivity index (χ0) is 22.9. The highest BCUT2D eigenvalue weighted by Crippen LogP contribution is 2.43. The first-order valence-corrected chi connectivity index (χ1v) is 12.1. The van der Waals surface area contributed by atoms with E-state index in [9.17, 15) is 14.7 Å². The van der Waals surface area contributed by atoms with E-state index in [1.54, 1.807) is 17.9 Å². The highest BCUT2D eigenvalue weighted by atomic mass is 16.6. The molecule has 0 saturated heterocycles. The summed E-state index contributed by atoms with van der Waals surface area (Å²) in [7, 11) is 0. The summed E-state index contributed by atoms with van der Waals surface area (Å²) in [5.74, 6) is 0.516. The van der Waals surface area contributed by atoms with E-state index in [1.807, 2.05) is 24.3 Å². The van der Waals surface area contributed by atoms with E-state index in [1.165, 1.54) is 0 Å². The average Bonchev–Trinajstić information content (AvgIpc) is 3.59. The molecular weight excluding hydrogens is 418 g/mol. The van der Waals surface area contributed by atoms with Gasteiger partial charge in [0, 0.05) is 16.7 Å². The zero-order valence-electron chi connectivity index (χ0n) is 19.0. The second-order valence-electron chi connectivity index (χ2n) is 10.2. The summed E-state index contributed by atoms with van der Waals surface area (Å²) >= 11 is 0. The van der Waals surface area contributed by atoms with Crippen LogP contribution in [-0.4, -0.2) is 23.2 Å². The van der Waals surface area contributed by atoms with E-state index >= 15 is 0 Å². The minimum Gasteiger partial charge on any atom is -0.456 e. The average molecular weight is 448 g/mol. The molecule has 2 aliphatic carbocycles. The number of hydrogen-bond donors (Lipinski definition) is 1. The van der Waals surface area contributed by atoms with Crippen LogP contribution in [0.25, 0.3) is 21.9 Å². The van der Waals surface area contributed by atoms with Gasteiger partial charge >= 0.3 is 5.97 Å². The molecule has 33 heavy (non-hydrogen) atoms. The Bertz CT molecular complexity index is 1260. The third-order valence-corrected chi connectivity index (χ3v) is 7.74. The number of aliphatic hydroxyl groups is 1. The van der Waals surface area contributed by atoms with Crippen LogP contribution in [0.5, 0.6) is 0 Å². The molecular formula is C27H29NO5. The van der Waals surface area contributed by atoms with Crippen molar-refractivity contribution in [3.63, 3.8) is 0 Å². The van der Waals surface area contributed by atoms with Gasteiger partial charge in [-0.15, -0.1) is 0 Å². The maximum atomic E-state index is 13.6. The fourth-order valence-corrected chi connectivity index (χ4v) is 5.53. The largest absolute Gasteiger partial charge is 0.456 e. The van der Waals surface area contributed by atoms with Crippen LogP contribution in [0.1, 0.15) is 74.4 Å². The molecule has 6 heteroatoms. The van der Waals surface area contributed by atoms with Crippen LogP contribution < -0.4 is 4.90 Å². The number of amides is 1. The molecule has 1 aromatic heterocycles. The van der Waals surface area contributed by atoms with E-state index in [-0.39, 0.29) is 11.8 Å². The minimum absolute atomic E-state index is 0.0279. The summed E-state index contributed by atoms with van der Waals surface area (Å²) in [6.07, 6.45) is 4.80. The Hall–Kier alpha value is -2.86. The molecule has 2 heterocycles. The fraction of sp³-hybridized carbons (Fsp3) is 0.481. The highest BCUT2D eigenvalue weighted by Gasteiger charge is 2.39. The lowest BCUT2D eigenvalue weighted by atomic mass is 9.82. The molecule has 1 amide bonds. The maximum Gasteiger partial charge on any atom is 0.342 e. The summed E-state index contributed by atoms with van der Waals surface area (Å²) in [5, 5.41) is 12.3. The molecule has 1 aliphatic heterocycles. The number of fused-ring (bicyclic) bond motifs is 4. The van der Waals surface area contributed by atoms with Gasteiger partial charge in [-0.05, 0) is 87.1 Å². The molecule has 172 valence electrons. The number of carbonyl (C=O) groups is 2. The van der Waals surface area contributed by atoms with Gasteiger partial charge in [-0.25, -0.2) is 4.79 Å². The van der Waals surface area contributed by atoms with Crippen molar-refractivity contribution in [1.82, 2.24) is 0 Å². The van der Waals surface area contributed by atoms with Crippen LogP contribution in [0.15, 0.2) is 34.7 Å². The smallest absolute Gasteiger partial charge is 0.342 e. The second kappa shape index (κ2) is 7.59. The Morgan fingerprint density at radius 1 is 1.00 bits per heavy atom. The number of cyclic esters (lactones) is 1. The Balaban J connectivity index is 1.46. The van der Waals surface area contributed by atoms with Crippen molar-refractivity contribution in [3.8, 4) is 0 Å². The molecule has 6 rings (SSSR count). The Morgan fingerprint density at radius 2 is 1.73 bits per heavy atom. The van der Waals surface area contributed by atoms with Crippen molar-refractivity contribution in [2.24, 2.45) is 17.8 Å². The van der Waals surface area contributed by atoms with E-state index in [0.29, 0.717) is 34.3 Å². The molecule has 2 atom stereocenters. The predicted octanol–water partition coefficient (Wildman–Crippen LogP) is 5.71. The first-order chi connectivity index (χ1) is 15.9. The molecule has 0 spiro atoms. The molecule has 2 aromatic carbocycles. The predicted molar refractivity (Wildman–Crippen MR) is 125 cm³/mol. The molecule has 2 unspecified atom stereocenters. The van der Waals surface area contributed by atoms with Gasteiger partial charge in [0.05, 0.1) is 17.4 Å². The summed E-state index contributed by atoms with van der Waals surface area (Å²) in [4.78, 5) is 28.0. The first-order valence-electron chi connectivity index (χ1n) is 12.1. The number of anilines is 1. The van der Waals surface area contributed by atoms with Crippen molar-refractivity contribution in [3.05, 3.63) is 41.5 Å². The number of aliphatic hydroxyl groups excluding tert-OH is 1. The number of nitrogens with zero attached hydrogens (tertiary/aromatic N) is 1. The molecule has 3 aromatic rings. The van der Waals surface area contributed by atoms with Gasteiger partial charge in [-0.2, -0.15) is 0 Å². The number of rotatable bonds is 3. The second-order valence-corrected chi connectivity index (χ2v) is 10.2. The summed E-state index contributed by atoms with van der Waals surface area (Å²) in [6, 6.07) is 9.35. The first kappa shape index (κ1) is 20.7. The van der Waals surface area contributed by atoms with E-state index in [4.69, 9.17) is 9.15 Å². The summed E-state index contributed by atoms with van der Waals surface area (Å²) in [5.41, 5.74) is 3.09. The molecule has 1 N–H and O–H groups in total. The minimum atomic E-state index is -0.653. The third kappa shape index (κ3) is 3.43. The molecule has 0 radical (unpaired) electrons. The van der Waals surface area contributed by atoms with Gasteiger partial charge in [0.15, 0.2) is 6.23 Å². The number of benzene rings is 2. The van der Waals surface area contributed by atoms with E-state index in [2.05, 4.69) is 6.92 Å². The van der Waals surface area contributed by atoms with E-state index < -0.39 is 18.3 Å². The quantitative estimate of drug-likeness (QED) is 0.521. The van der Waals surface area contributed by atoms with Crippen LogP contribution in [-0.2, 0) is 9.53 Å². The lowest BCUT2D eigenvalue weighted by molar-refractivity contribution is -0.125. The van der Waals surface area contributed by atoms with Crippen LogP contribution in [0.3, 0.4) is 0 Å². The number of carbonyl (C=O) groups excluding carboxylic acids is 2. The Kier molecular flexibility index (Phi) is 4.77. The molecule has 6 nitrogen and oxygen atoms in total. The Morgan fingerprint density at radius 3 is 2.45 bits per heavy atom. The van der Waals surface area contributed by atoms with Crippen molar-refractivity contribution >= 4 is 39.5 Å².